The Kier molecular flexibility index (Phi) is 3.69. The summed E-state index contributed by atoms with van der Waals surface area (Å²) in [5.74, 6) is 0. The minimum absolute atomic E-state index is 0.109. The van der Waals surface area contributed by atoms with E-state index < -0.39 is 0 Å². The third-order valence-corrected chi connectivity index (χ3v) is 3.54. The van der Waals surface area contributed by atoms with Crippen LogP contribution in [-0.2, 0) is 5.41 Å². The van der Waals surface area contributed by atoms with Crippen molar-refractivity contribution in [1.82, 2.24) is 0 Å². The zero-order chi connectivity index (χ0) is 13.0. The lowest BCUT2D eigenvalue weighted by molar-refractivity contribution is 0.588. The highest BCUT2D eigenvalue weighted by Gasteiger charge is 2.27. The van der Waals surface area contributed by atoms with Gasteiger partial charge >= 0.3 is 0 Å². The van der Waals surface area contributed by atoms with Crippen LogP contribution in [0.25, 0.3) is 0 Å². The van der Waals surface area contributed by atoms with Gasteiger partial charge in [0.25, 0.3) is 0 Å². The normalized spacial score (nSPS) is 22.8. The molecular weight excluding hydrogens is 242 g/mol. The van der Waals surface area contributed by atoms with Gasteiger partial charge in [-0.3, -0.25) is 0 Å². The average Bonchev–Trinajstić information content (AvgIpc) is 2.37. The monoisotopic (exact) mass is 255 g/mol. The molecule has 2 heteroatoms. The summed E-state index contributed by atoms with van der Waals surface area (Å²) in [5.41, 5.74) is 2.16. The molecule has 1 aliphatic carbocycles. The summed E-state index contributed by atoms with van der Waals surface area (Å²) in [6.07, 6.45) is 10.5. The van der Waals surface area contributed by atoms with Crippen molar-refractivity contribution in [2.75, 3.05) is 0 Å². The molecule has 1 aromatic rings. The molecule has 1 aliphatic rings. The lowest BCUT2D eigenvalue weighted by Crippen LogP contribution is -2.21. The van der Waals surface area contributed by atoms with Gasteiger partial charge < -0.3 is 0 Å². The van der Waals surface area contributed by atoms with E-state index in [4.69, 9.17) is 16.9 Å². The number of hydrogen-bond acceptors (Lipinski definition) is 1. The molecule has 2 rings (SSSR count). The van der Waals surface area contributed by atoms with E-state index in [0.29, 0.717) is 0 Å². The van der Waals surface area contributed by atoms with Crippen molar-refractivity contribution in [2.24, 2.45) is 0 Å². The first-order chi connectivity index (χ1) is 8.65. The third-order valence-electron chi connectivity index (χ3n) is 3.21. The summed E-state index contributed by atoms with van der Waals surface area (Å²) in [6, 6.07) is 9.94. The van der Waals surface area contributed by atoms with Crippen molar-refractivity contribution < 1.29 is 0 Å². The molecule has 0 bridgehead atoms. The lowest BCUT2D eigenvalue weighted by Gasteiger charge is -2.30. The summed E-state index contributed by atoms with van der Waals surface area (Å²) in [5, 5.41) is 9.37. The fourth-order valence-corrected chi connectivity index (χ4v) is 2.65. The Balaban J connectivity index is 2.33. The first-order valence-corrected chi connectivity index (χ1v) is 6.23. The van der Waals surface area contributed by atoms with Gasteiger partial charge in [0.2, 0.25) is 0 Å². The highest BCUT2D eigenvalue weighted by Crippen LogP contribution is 2.38. The van der Waals surface area contributed by atoms with E-state index in [-0.39, 0.29) is 5.41 Å². The van der Waals surface area contributed by atoms with E-state index in [0.717, 1.165) is 22.6 Å². The minimum Gasteiger partial charge on any atom is -0.193 e. The molecular formula is C16H14ClN. The quantitative estimate of drug-likeness (QED) is 0.711. The molecule has 1 unspecified atom stereocenters. The van der Waals surface area contributed by atoms with Gasteiger partial charge in [-0.25, -0.2) is 0 Å². The van der Waals surface area contributed by atoms with Crippen LogP contribution >= 0.6 is 11.6 Å². The van der Waals surface area contributed by atoms with Crippen molar-refractivity contribution in [3.63, 3.8) is 0 Å². The fraction of sp³-hybridized carbons (Fsp3) is 0.188. The minimum atomic E-state index is -0.109. The van der Waals surface area contributed by atoms with Crippen LogP contribution in [0, 0.1) is 11.3 Å². The summed E-state index contributed by atoms with van der Waals surface area (Å²) in [6.45, 7) is 2.16. The Bertz CT molecular complexity index is 575. The molecule has 0 heterocycles. The SMILES string of the molecule is CC1(c2ccccc2Cl)C=CC=C(C=CC#N)C1. The van der Waals surface area contributed by atoms with Crippen LogP contribution in [-0.4, -0.2) is 0 Å². The summed E-state index contributed by atoms with van der Waals surface area (Å²) in [4.78, 5) is 0. The molecule has 0 N–H and O–H groups in total. The van der Waals surface area contributed by atoms with Gasteiger partial charge in [0.15, 0.2) is 0 Å². The summed E-state index contributed by atoms with van der Waals surface area (Å²) >= 11 is 6.28. The molecule has 18 heavy (non-hydrogen) atoms. The molecule has 1 nitrogen and oxygen atoms in total. The van der Waals surface area contributed by atoms with Gasteiger partial charge in [0.1, 0.15) is 0 Å². The van der Waals surface area contributed by atoms with E-state index in [9.17, 15) is 0 Å². The Morgan fingerprint density at radius 2 is 2.17 bits per heavy atom. The van der Waals surface area contributed by atoms with Crippen LogP contribution in [0.5, 0.6) is 0 Å². The summed E-state index contributed by atoms with van der Waals surface area (Å²) < 4.78 is 0. The molecule has 0 aromatic heterocycles. The van der Waals surface area contributed by atoms with Crippen LogP contribution in [0.1, 0.15) is 18.9 Å². The standard InChI is InChI=1S/C16H14ClN/c1-16(14-8-2-3-9-15(14)17)10-4-6-13(12-16)7-5-11-18/h2-10H,12H2,1H3. The second kappa shape index (κ2) is 5.25. The maximum absolute atomic E-state index is 8.58. The molecule has 1 atom stereocenters. The van der Waals surface area contributed by atoms with Gasteiger partial charge in [-0.15, -0.1) is 0 Å². The van der Waals surface area contributed by atoms with Crippen molar-refractivity contribution in [3.05, 3.63) is 70.8 Å². The fourth-order valence-electron chi connectivity index (χ4n) is 2.29. The van der Waals surface area contributed by atoms with Gasteiger partial charge in [-0.05, 0) is 29.7 Å². The number of nitrogens with zero attached hydrogens (tertiary/aromatic N) is 1. The number of nitriles is 1. The molecule has 0 radical (unpaired) electrons. The molecule has 0 spiro atoms. The van der Waals surface area contributed by atoms with Crippen LogP contribution in [0.4, 0.5) is 0 Å². The van der Waals surface area contributed by atoms with Gasteiger partial charge in [-0.1, -0.05) is 55.0 Å². The van der Waals surface area contributed by atoms with Crippen LogP contribution in [0.15, 0.2) is 60.2 Å². The second-order valence-electron chi connectivity index (χ2n) is 4.64. The van der Waals surface area contributed by atoms with Gasteiger partial charge in [-0.2, -0.15) is 5.26 Å². The highest BCUT2D eigenvalue weighted by atomic mass is 35.5. The Labute approximate surface area is 113 Å². The van der Waals surface area contributed by atoms with Crippen molar-refractivity contribution in [1.29, 1.82) is 5.26 Å². The predicted octanol–water partition coefficient (Wildman–Crippen LogP) is 4.56. The molecule has 90 valence electrons. The first kappa shape index (κ1) is 12.7. The Morgan fingerprint density at radius 3 is 2.89 bits per heavy atom. The Morgan fingerprint density at radius 1 is 1.39 bits per heavy atom. The molecule has 0 amide bonds. The Hall–Kier alpha value is -1.78. The third kappa shape index (κ3) is 2.55. The van der Waals surface area contributed by atoms with E-state index in [2.05, 4.69) is 19.1 Å². The molecule has 0 saturated carbocycles. The van der Waals surface area contributed by atoms with Crippen molar-refractivity contribution >= 4 is 11.6 Å². The number of rotatable bonds is 2. The second-order valence-corrected chi connectivity index (χ2v) is 5.04. The van der Waals surface area contributed by atoms with Crippen LogP contribution < -0.4 is 0 Å². The largest absolute Gasteiger partial charge is 0.193 e. The van der Waals surface area contributed by atoms with Crippen molar-refractivity contribution in [3.8, 4) is 6.07 Å². The maximum Gasteiger partial charge on any atom is 0.0912 e. The number of hydrogen-bond donors (Lipinski definition) is 0. The zero-order valence-electron chi connectivity index (χ0n) is 10.2. The van der Waals surface area contributed by atoms with Gasteiger partial charge in [0, 0.05) is 16.5 Å². The smallest absolute Gasteiger partial charge is 0.0912 e. The number of benzene rings is 1. The molecule has 0 saturated heterocycles. The van der Waals surface area contributed by atoms with Crippen molar-refractivity contribution in [2.45, 2.75) is 18.8 Å². The lowest BCUT2D eigenvalue weighted by atomic mass is 9.74. The molecule has 1 aromatic carbocycles. The van der Waals surface area contributed by atoms with E-state index >= 15 is 0 Å². The first-order valence-electron chi connectivity index (χ1n) is 5.85. The van der Waals surface area contributed by atoms with E-state index in [1.807, 2.05) is 42.5 Å². The van der Waals surface area contributed by atoms with E-state index in [1.54, 1.807) is 0 Å². The maximum atomic E-state index is 8.58. The van der Waals surface area contributed by atoms with Crippen LogP contribution in [0.2, 0.25) is 5.02 Å². The topological polar surface area (TPSA) is 23.8 Å². The number of allylic oxidation sites excluding steroid dienone is 6. The number of halogens is 1. The van der Waals surface area contributed by atoms with E-state index in [1.165, 1.54) is 6.08 Å². The van der Waals surface area contributed by atoms with Gasteiger partial charge in [0.05, 0.1) is 6.07 Å². The highest BCUT2D eigenvalue weighted by molar-refractivity contribution is 6.31. The molecule has 0 fully saturated rings. The summed E-state index contributed by atoms with van der Waals surface area (Å²) in [7, 11) is 0. The zero-order valence-corrected chi connectivity index (χ0v) is 11.0. The molecule has 0 aliphatic heterocycles. The van der Waals surface area contributed by atoms with Crippen LogP contribution in [0.3, 0.4) is 0 Å². The average molecular weight is 256 g/mol. The predicted molar refractivity (Wildman–Crippen MR) is 75.4 cm³/mol.